The van der Waals surface area contributed by atoms with Crippen molar-refractivity contribution in [2.45, 2.75) is 238 Å². The smallest absolute Gasteiger partial charge is 0.268 e. The summed E-state index contributed by atoms with van der Waals surface area (Å²) in [5.74, 6) is 25.0. The molecule has 8 heteroatoms. The van der Waals surface area contributed by atoms with Crippen molar-refractivity contribution in [3.05, 3.63) is 0 Å². The molecule has 358 valence electrons. The van der Waals surface area contributed by atoms with Crippen molar-refractivity contribution in [3.63, 3.8) is 0 Å². The van der Waals surface area contributed by atoms with Crippen LogP contribution in [0.25, 0.3) is 0 Å². The molecule has 0 aromatic carbocycles. The molecule has 0 spiro atoms. The Bertz CT molecular complexity index is 1280. The van der Waals surface area contributed by atoms with Crippen molar-refractivity contribution in [3.8, 4) is 47.4 Å². The predicted octanol–water partition coefficient (Wildman–Crippen LogP) is 13.9. The van der Waals surface area contributed by atoms with Gasteiger partial charge in [0.15, 0.2) is 0 Å². The maximum atomic E-state index is 12.4. The Morgan fingerprint density at radius 2 is 0.774 bits per heavy atom. The first-order valence-electron chi connectivity index (χ1n) is 25.7. The van der Waals surface area contributed by atoms with Gasteiger partial charge in [-0.2, -0.15) is 0 Å². The molecular formula is C54H96NO6P. The number of rotatable bonds is 44. The fourth-order valence-corrected chi connectivity index (χ4v) is 7.60. The highest BCUT2D eigenvalue weighted by Gasteiger charge is 2.18. The fourth-order valence-electron chi connectivity index (χ4n) is 6.87. The summed E-state index contributed by atoms with van der Waals surface area (Å²) in [5.41, 5.74) is 0. The van der Waals surface area contributed by atoms with E-state index in [1.165, 1.54) is 148 Å². The number of likely N-dealkylation sites (N-methyl/N-ethyl adjacent to an activating group) is 1. The van der Waals surface area contributed by atoms with Gasteiger partial charge in [0.05, 0.1) is 34.4 Å². The Hall–Kier alpha value is -1.77. The van der Waals surface area contributed by atoms with Crippen molar-refractivity contribution < 1.29 is 32.5 Å². The van der Waals surface area contributed by atoms with E-state index in [9.17, 15) is 9.46 Å². The Balaban J connectivity index is 4.12. The Morgan fingerprint density at radius 1 is 0.435 bits per heavy atom. The number of quaternary nitrogens is 1. The molecule has 1 unspecified atom stereocenters. The van der Waals surface area contributed by atoms with Crippen molar-refractivity contribution in [2.75, 3.05) is 60.7 Å². The summed E-state index contributed by atoms with van der Waals surface area (Å²) >= 11 is 0. The third-order valence-corrected chi connectivity index (χ3v) is 11.9. The van der Waals surface area contributed by atoms with E-state index in [-0.39, 0.29) is 13.2 Å². The lowest BCUT2D eigenvalue weighted by Gasteiger charge is -2.28. The molecule has 0 aromatic heterocycles. The van der Waals surface area contributed by atoms with Gasteiger partial charge < -0.3 is 27.9 Å². The van der Waals surface area contributed by atoms with Crippen LogP contribution in [0, 0.1) is 47.4 Å². The van der Waals surface area contributed by atoms with Crippen LogP contribution in [-0.4, -0.2) is 71.3 Å². The second kappa shape index (κ2) is 47.2. The number of phosphoric ester groups is 1. The summed E-state index contributed by atoms with van der Waals surface area (Å²) in [7, 11) is 1.54. The van der Waals surface area contributed by atoms with Crippen LogP contribution < -0.4 is 4.89 Å². The minimum absolute atomic E-state index is 0.0800. The second-order valence-electron chi connectivity index (χ2n) is 18.3. The number of phosphoric acid groups is 1. The quantitative estimate of drug-likeness (QED) is 0.0263. The molecule has 0 aliphatic carbocycles. The van der Waals surface area contributed by atoms with Crippen LogP contribution in [-0.2, 0) is 23.1 Å². The highest BCUT2D eigenvalue weighted by molar-refractivity contribution is 7.45. The SMILES string of the molecule is CCCCCCCCCCC#CC#CCCCCCCCCCOC[C@@H](COP(=O)([O-])OCC[N+](C)(C)C)OCCCCCCCCCC#CC#CCCCCCCCCCC. The molecule has 0 bridgehead atoms. The molecule has 0 saturated carbocycles. The standard InChI is InChI=1S/C54H96NO6P/c1-6-8-10-12-14-16-18-20-22-24-26-28-30-32-34-36-38-40-42-44-46-49-58-52-54(53-61-62(56,57)60-51-48-55(3,4)5)59-50-47-45-43-41-39-37-35-33-31-29-27-25-23-21-19-17-15-13-11-9-7-2/h54H,6-23,32-53H2,1-5H3/t54-/m0/s1. The maximum absolute atomic E-state index is 12.4. The molecule has 0 N–H and O–H groups in total. The molecule has 7 nitrogen and oxygen atoms in total. The van der Waals surface area contributed by atoms with Crippen molar-refractivity contribution in [1.82, 2.24) is 0 Å². The van der Waals surface area contributed by atoms with E-state index in [2.05, 4.69) is 61.2 Å². The molecule has 0 amide bonds. The molecule has 0 aliphatic rings. The summed E-state index contributed by atoms with van der Waals surface area (Å²) in [6.45, 7) is 6.55. The third-order valence-electron chi connectivity index (χ3n) is 10.9. The van der Waals surface area contributed by atoms with E-state index in [1.54, 1.807) is 0 Å². The van der Waals surface area contributed by atoms with E-state index in [4.69, 9.17) is 18.5 Å². The highest BCUT2D eigenvalue weighted by atomic mass is 31.2. The molecule has 0 radical (unpaired) electrons. The monoisotopic (exact) mass is 886 g/mol. The Labute approximate surface area is 385 Å². The number of nitrogens with zero attached hydrogens (tertiary/aromatic N) is 1. The van der Waals surface area contributed by atoms with Gasteiger partial charge in [0.25, 0.3) is 7.82 Å². The first-order valence-corrected chi connectivity index (χ1v) is 27.2. The van der Waals surface area contributed by atoms with Gasteiger partial charge in [0.1, 0.15) is 19.3 Å². The first kappa shape index (κ1) is 60.2. The van der Waals surface area contributed by atoms with Gasteiger partial charge in [-0.25, -0.2) is 0 Å². The molecule has 0 aromatic rings. The van der Waals surface area contributed by atoms with Gasteiger partial charge in [-0.3, -0.25) is 4.57 Å². The summed E-state index contributed by atoms with van der Waals surface area (Å²) in [5, 5.41) is 0. The van der Waals surface area contributed by atoms with Crippen molar-refractivity contribution >= 4 is 7.82 Å². The number of ether oxygens (including phenoxy) is 2. The summed E-state index contributed by atoms with van der Waals surface area (Å²) in [4.78, 5) is 12.4. The zero-order valence-electron chi connectivity index (χ0n) is 41.2. The lowest BCUT2D eigenvalue weighted by molar-refractivity contribution is -0.870. The number of unbranched alkanes of at least 4 members (excludes halogenated alkanes) is 30. The Morgan fingerprint density at radius 3 is 1.15 bits per heavy atom. The van der Waals surface area contributed by atoms with E-state index in [0.29, 0.717) is 30.8 Å². The lowest BCUT2D eigenvalue weighted by atomic mass is 10.1. The Kier molecular flexibility index (Phi) is 45.9. The average molecular weight is 886 g/mol. The van der Waals surface area contributed by atoms with E-state index < -0.39 is 13.9 Å². The van der Waals surface area contributed by atoms with E-state index >= 15 is 0 Å². The third kappa shape index (κ3) is 50.9. The van der Waals surface area contributed by atoms with Crippen molar-refractivity contribution in [2.24, 2.45) is 0 Å². The zero-order chi connectivity index (χ0) is 45.3. The fraction of sp³-hybridized carbons (Fsp3) is 0.852. The van der Waals surface area contributed by atoms with Crippen LogP contribution in [0.2, 0.25) is 0 Å². The molecule has 62 heavy (non-hydrogen) atoms. The van der Waals surface area contributed by atoms with Crippen LogP contribution in [0.3, 0.4) is 0 Å². The minimum atomic E-state index is -4.42. The van der Waals surface area contributed by atoms with E-state index in [0.717, 1.165) is 70.6 Å². The maximum Gasteiger partial charge on any atom is 0.268 e. The largest absolute Gasteiger partial charge is 0.756 e. The topological polar surface area (TPSA) is 77.1 Å². The van der Waals surface area contributed by atoms with Crippen molar-refractivity contribution in [1.29, 1.82) is 0 Å². The summed E-state index contributed by atoms with van der Waals surface area (Å²) in [6, 6.07) is 0. The van der Waals surface area contributed by atoms with Gasteiger partial charge in [0, 0.05) is 38.9 Å². The number of hydrogen-bond donors (Lipinski definition) is 0. The van der Waals surface area contributed by atoms with E-state index in [1.807, 2.05) is 21.1 Å². The van der Waals surface area contributed by atoms with Crippen LogP contribution in [0.15, 0.2) is 0 Å². The summed E-state index contributed by atoms with van der Waals surface area (Å²) < 4.78 is 35.4. The molecule has 0 heterocycles. The van der Waals surface area contributed by atoms with Crippen LogP contribution >= 0.6 is 7.82 Å². The molecule has 0 rings (SSSR count). The minimum Gasteiger partial charge on any atom is -0.756 e. The summed E-state index contributed by atoms with van der Waals surface area (Å²) in [6.07, 6.45) is 40.7. The van der Waals surface area contributed by atoms with Gasteiger partial charge in [0.2, 0.25) is 0 Å². The lowest BCUT2D eigenvalue weighted by Crippen LogP contribution is -2.37. The van der Waals surface area contributed by atoms with Gasteiger partial charge >= 0.3 is 0 Å². The first-order chi connectivity index (χ1) is 30.2. The normalized spacial score (nSPS) is 12.5. The van der Waals surface area contributed by atoms with Crippen LogP contribution in [0.5, 0.6) is 0 Å². The highest BCUT2D eigenvalue weighted by Crippen LogP contribution is 2.38. The molecular weight excluding hydrogens is 790 g/mol. The second-order valence-corrected chi connectivity index (χ2v) is 19.7. The van der Waals surface area contributed by atoms with Gasteiger partial charge in [-0.15, -0.1) is 0 Å². The molecule has 0 aliphatic heterocycles. The molecule has 0 saturated heterocycles. The van der Waals surface area contributed by atoms with Gasteiger partial charge in [-0.1, -0.05) is 192 Å². The molecule has 2 atom stereocenters. The predicted molar refractivity (Wildman–Crippen MR) is 262 cm³/mol. The zero-order valence-corrected chi connectivity index (χ0v) is 42.1. The van der Waals surface area contributed by atoms with Crippen LogP contribution in [0.4, 0.5) is 0 Å². The molecule has 0 fully saturated rings. The van der Waals surface area contributed by atoms with Gasteiger partial charge in [-0.05, 0) is 62.2 Å². The number of hydrogen-bond acceptors (Lipinski definition) is 6. The average Bonchev–Trinajstić information content (AvgIpc) is 3.24. The van der Waals surface area contributed by atoms with Crippen LogP contribution in [0.1, 0.15) is 232 Å².